The van der Waals surface area contributed by atoms with Gasteiger partial charge in [-0.15, -0.1) is 0 Å². The van der Waals surface area contributed by atoms with Crippen LogP contribution >= 0.6 is 0 Å². The minimum absolute atomic E-state index is 0.0858. The van der Waals surface area contributed by atoms with Crippen LogP contribution < -0.4 is 10.3 Å². The Labute approximate surface area is 127 Å². The van der Waals surface area contributed by atoms with Gasteiger partial charge in [-0.1, -0.05) is 30.3 Å². The highest BCUT2D eigenvalue weighted by Gasteiger charge is 2.11. The first-order chi connectivity index (χ1) is 10.5. The van der Waals surface area contributed by atoms with Gasteiger partial charge in [0.15, 0.2) is 0 Å². The Bertz CT molecular complexity index is 963. The highest BCUT2D eigenvalue weighted by atomic mass is 32.2. The van der Waals surface area contributed by atoms with Crippen LogP contribution in [-0.2, 0) is 15.8 Å². The SMILES string of the molecule is O=c1ccc2cc(NS(=O)(=O)Cc3ccccc3)ccc2[nH]1. The number of hydrogen-bond donors (Lipinski definition) is 2. The summed E-state index contributed by atoms with van der Waals surface area (Å²) in [5.41, 5.74) is 1.67. The molecule has 112 valence electrons. The highest BCUT2D eigenvalue weighted by molar-refractivity contribution is 7.91. The van der Waals surface area contributed by atoms with Crippen molar-refractivity contribution < 1.29 is 8.42 Å². The fraction of sp³-hybridized carbons (Fsp3) is 0.0625. The fourth-order valence-corrected chi connectivity index (χ4v) is 3.42. The van der Waals surface area contributed by atoms with Gasteiger partial charge in [-0.25, -0.2) is 8.42 Å². The molecule has 0 bridgehead atoms. The number of pyridine rings is 1. The third kappa shape index (κ3) is 3.35. The molecule has 2 N–H and O–H groups in total. The van der Waals surface area contributed by atoms with Crippen LogP contribution in [0.2, 0.25) is 0 Å². The van der Waals surface area contributed by atoms with Crippen molar-refractivity contribution in [2.45, 2.75) is 5.75 Å². The van der Waals surface area contributed by atoms with E-state index < -0.39 is 10.0 Å². The van der Waals surface area contributed by atoms with Crippen LogP contribution in [0, 0.1) is 0 Å². The molecule has 0 aliphatic carbocycles. The Morgan fingerprint density at radius 1 is 0.955 bits per heavy atom. The zero-order valence-corrected chi connectivity index (χ0v) is 12.4. The van der Waals surface area contributed by atoms with Crippen molar-refractivity contribution >= 4 is 26.6 Å². The van der Waals surface area contributed by atoms with Crippen LogP contribution in [0.4, 0.5) is 5.69 Å². The number of hydrogen-bond acceptors (Lipinski definition) is 3. The van der Waals surface area contributed by atoms with Crippen LogP contribution in [-0.4, -0.2) is 13.4 Å². The van der Waals surface area contributed by atoms with Gasteiger partial charge in [-0.3, -0.25) is 9.52 Å². The lowest BCUT2D eigenvalue weighted by Crippen LogP contribution is -2.15. The highest BCUT2D eigenvalue weighted by Crippen LogP contribution is 2.18. The van der Waals surface area contributed by atoms with E-state index in [1.807, 2.05) is 6.07 Å². The van der Waals surface area contributed by atoms with Crippen molar-refractivity contribution in [3.63, 3.8) is 0 Å². The zero-order chi connectivity index (χ0) is 15.6. The maximum absolute atomic E-state index is 12.2. The van der Waals surface area contributed by atoms with E-state index in [0.717, 1.165) is 10.9 Å². The van der Waals surface area contributed by atoms with E-state index in [4.69, 9.17) is 0 Å². The molecule has 0 spiro atoms. The van der Waals surface area contributed by atoms with Crippen molar-refractivity contribution in [1.82, 2.24) is 4.98 Å². The van der Waals surface area contributed by atoms with E-state index in [0.29, 0.717) is 11.2 Å². The number of benzene rings is 2. The number of fused-ring (bicyclic) bond motifs is 1. The minimum atomic E-state index is -3.49. The van der Waals surface area contributed by atoms with Gasteiger partial charge >= 0.3 is 0 Å². The molecule has 22 heavy (non-hydrogen) atoms. The van der Waals surface area contributed by atoms with Gasteiger partial charge in [-0.2, -0.15) is 0 Å². The van der Waals surface area contributed by atoms with E-state index in [1.165, 1.54) is 6.07 Å². The number of sulfonamides is 1. The molecule has 5 nitrogen and oxygen atoms in total. The molecule has 0 amide bonds. The number of nitrogens with one attached hydrogen (secondary N) is 2. The molecule has 1 aromatic heterocycles. The molecular weight excluding hydrogens is 300 g/mol. The van der Waals surface area contributed by atoms with E-state index in [9.17, 15) is 13.2 Å². The Morgan fingerprint density at radius 2 is 1.73 bits per heavy atom. The van der Waals surface area contributed by atoms with Crippen molar-refractivity contribution in [3.05, 3.63) is 76.6 Å². The molecule has 6 heteroatoms. The molecule has 0 saturated heterocycles. The summed E-state index contributed by atoms with van der Waals surface area (Å²) in [6.07, 6.45) is 0. The fourth-order valence-electron chi connectivity index (χ4n) is 2.23. The predicted octanol–water partition coefficient (Wildman–Crippen LogP) is 2.47. The number of H-pyrrole nitrogens is 1. The second-order valence-corrected chi connectivity index (χ2v) is 6.69. The number of aromatic amines is 1. The summed E-state index contributed by atoms with van der Waals surface area (Å²) >= 11 is 0. The molecule has 0 atom stereocenters. The molecular formula is C16H14N2O3S. The van der Waals surface area contributed by atoms with Crippen LogP contribution in [0.15, 0.2) is 65.5 Å². The molecule has 2 aromatic carbocycles. The first kappa shape index (κ1) is 14.3. The third-order valence-corrected chi connectivity index (χ3v) is 4.46. The summed E-state index contributed by atoms with van der Waals surface area (Å²) < 4.78 is 26.9. The summed E-state index contributed by atoms with van der Waals surface area (Å²) in [5, 5.41) is 0.763. The summed E-state index contributed by atoms with van der Waals surface area (Å²) in [6.45, 7) is 0. The maximum Gasteiger partial charge on any atom is 0.248 e. The van der Waals surface area contributed by atoms with Gasteiger partial charge in [0.05, 0.1) is 5.75 Å². The minimum Gasteiger partial charge on any atom is -0.322 e. The Morgan fingerprint density at radius 3 is 2.50 bits per heavy atom. The average molecular weight is 314 g/mol. The molecule has 0 aliphatic rings. The monoisotopic (exact) mass is 314 g/mol. The Hall–Kier alpha value is -2.60. The van der Waals surface area contributed by atoms with Gasteiger partial charge in [0, 0.05) is 22.7 Å². The van der Waals surface area contributed by atoms with E-state index >= 15 is 0 Å². The summed E-state index contributed by atoms with van der Waals surface area (Å²) in [4.78, 5) is 13.9. The predicted molar refractivity (Wildman–Crippen MR) is 87.3 cm³/mol. The molecule has 3 aromatic rings. The maximum atomic E-state index is 12.2. The second kappa shape index (κ2) is 5.65. The van der Waals surface area contributed by atoms with Crippen molar-refractivity contribution in [1.29, 1.82) is 0 Å². The van der Waals surface area contributed by atoms with Gasteiger partial charge < -0.3 is 4.98 Å². The van der Waals surface area contributed by atoms with E-state index in [2.05, 4.69) is 9.71 Å². The van der Waals surface area contributed by atoms with Crippen molar-refractivity contribution in [2.75, 3.05) is 4.72 Å². The summed E-state index contributed by atoms with van der Waals surface area (Å²) in [6, 6.07) is 17.0. The van der Waals surface area contributed by atoms with Crippen LogP contribution in [0.1, 0.15) is 5.56 Å². The summed E-state index contributed by atoms with van der Waals surface area (Å²) in [5.74, 6) is -0.0858. The van der Waals surface area contributed by atoms with Crippen LogP contribution in [0.5, 0.6) is 0 Å². The lowest BCUT2D eigenvalue weighted by atomic mass is 10.2. The van der Waals surface area contributed by atoms with Gasteiger partial charge in [0.2, 0.25) is 15.6 Å². The second-order valence-electron chi connectivity index (χ2n) is 4.97. The van der Waals surface area contributed by atoms with E-state index in [-0.39, 0.29) is 11.3 Å². The quantitative estimate of drug-likeness (QED) is 0.776. The number of anilines is 1. The largest absolute Gasteiger partial charge is 0.322 e. The Kier molecular flexibility index (Phi) is 3.68. The Balaban J connectivity index is 1.85. The summed E-state index contributed by atoms with van der Waals surface area (Å²) in [7, 11) is -3.49. The number of rotatable bonds is 4. The van der Waals surface area contributed by atoms with Gasteiger partial charge in [0.1, 0.15) is 0 Å². The van der Waals surface area contributed by atoms with Gasteiger partial charge in [0.25, 0.3) is 0 Å². The first-order valence-electron chi connectivity index (χ1n) is 6.69. The normalized spacial score (nSPS) is 11.5. The molecule has 3 rings (SSSR count). The molecule has 0 fully saturated rings. The standard InChI is InChI=1S/C16H14N2O3S/c19-16-9-6-13-10-14(7-8-15(13)17-16)18-22(20,21)11-12-4-2-1-3-5-12/h1-10,18H,11H2,(H,17,19). The molecule has 0 aliphatic heterocycles. The number of aromatic nitrogens is 1. The van der Waals surface area contributed by atoms with Crippen molar-refractivity contribution in [3.8, 4) is 0 Å². The van der Waals surface area contributed by atoms with Gasteiger partial charge in [-0.05, 0) is 29.8 Å². The molecule has 0 saturated carbocycles. The topological polar surface area (TPSA) is 79.0 Å². The van der Waals surface area contributed by atoms with Crippen LogP contribution in [0.25, 0.3) is 10.9 Å². The van der Waals surface area contributed by atoms with Crippen LogP contribution in [0.3, 0.4) is 0 Å². The zero-order valence-electron chi connectivity index (χ0n) is 11.6. The lowest BCUT2D eigenvalue weighted by Gasteiger charge is -2.09. The molecule has 1 heterocycles. The smallest absolute Gasteiger partial charge is 0.248 e. The lowest BCUT2D eigenvalue weighted by molar-refractivity contribution is 0.600. The molecule has 0 unspecified atom stereocenters. The molecule has 0 radical (unpaired) electrons. The first-order valence-corrected chi connectivity index (χ1v) is 8.35. The van der Waals surface area contributed by atoms with Crippen molar-refractivity contribution in [2.24, 2.45) is 0 Å². The average Bonchev–Trinajstić information content (AvgIpc) is 2.47. The third-order valence-electron chi connectivity index (χ3n) is 3.20. The van der Waals surface area contributed by atoms with E-state index in [1.54, 1.807) is 48.5 Å².